The maximum Gasteiger partial charge on any atom is 0.305 e. The molecule has 1 aliphatic heterocycles. The Bertz CT molecular complexity index is 423. The number of fused-ring (bicyclic) bond motifs is 1. The third-order valence-electron chi connectivity index (χ3n) is 5.07. The lowest BCUT2D eigenvalue weighted by Crippen LogP contribution is -2.80. The van der Waals surface area contributed by atoms with E-state index in [-0.39, 0.29) is 30.9 Å². The highest BCUT2D eigenvalue weighted by atomic mass is 16.5. The molecule has 114 valence electrons. The van der Waals surface area contributed by atoms with Crippen molar-refractivity contribution in [2.24, 2.45) is 17.1 Å². The van der Waals surface area contributed by atoms with Crippen molar-refractivity contribution in [1.29, 1.82) is 0 Å². The summed E-state index contributed by atoms with van der Waals surface area (Å²) in [6.45, 7) is 7.09. The SMILES string of the molecule is CCN(CCC(=O)O)C(=O)C1(N)C2CCOC2C1(C)C. The summed E-state index contributed by atoms with van der Waals surface area (Å²) in [5.74, 6) is -1.00. The van der Waals surface area contributed by atoms with Crippen LogP contribution in [-0.4, -0.2) is 53.2 Å². The van der Waals surface area contributed by atoms with E-state index in [1.54, 1.807) is 4.90 Å². The first-order chi connectivity index (χ1) is 9.26. The number of aliphatic carboxylic acids is 1. The average molecular weight is 284 g/mol. The molecule has 1 amide bonds. The Morgan fingerprint density at radius 2 is 2.10 bits per heavy atom. The summed E-state index contributed by atoms with van der Waals surface area (Å²) in [6, 6.07) is 0. The summed E-state index contributed by atoms with van der Waals surface area (Å²) in [5, 5.41) is 8.78. The third kappa shape index (κ3) is 1.93. The van der Waals surface area contributed by atoms with Gasteiger partial charge in [-0.05, 0) is 13.3 Å². The quantitative estimate of drug-likeness (QED) is 0.764. The van der Waals surface area contributed by atoms with Crippen LogP contribution < -0.4 is 5.73 Å². The number of ether oxygens (including phenoxy) is 1. The Balaban J connectivity index is 2.16. The Morgan fingerprint density at radius 3 is 2.65 bits per heavy atom. The van der Waals surface area contributed by atoms with Gasteiger partial charge in [0.1, 0.15) is 5.54 Å². The van der Waals surface area contributed by atoms with Crippen LogP contribution in [0.1, 0.15) is 33.6 Å². The Morgan fingerprint density at radius 1 is 1.45 bits per heavy atom. The predicted molar refractivity (Wildman–Crippen MR) is 73.1 cm³/mol. The molecule has 0 aromatic heterocycles. The molecule has 3 N–H and O–H groups in total. The van der Waals surface area contributed by atoms with E-state index in [9.17, 15) is 9.59 Å². The standard InChI is InChI=1S/C14H24N2O4/c1-4-16(7-5-10(17)18)12(19)14(15)9-6-8-20-11(9)13(14,2)3/h9,11H,4-8,15H2,1-3H3,(H,17,18). The van der Waals surface area contributed by atoms with E-state index in [1.807, 2.05) is 20.8 Å². The zero-order valence-corrected chi connectivity index (χ0v) is 12.4. The van der Waals surface area contributed by atoms with Crippen LogP contribution in [0, 0.1) is 11.3 Å². The van der Waals surface area contributed by atoms with Gasteiger partial charge in [-0.15, -0.1) is 0 Å². The Kier molecular flexibility index (Phi) is 3.81. The minimum atomic E-state index is -0.942. The molecule has 20 heavy (non-hydrogen) atoms. The molecule has 1 aliphatic carbocycles. The molecule has 0 radical (unpaired) electrons. The molecule has 2 aliphatic rings. The smallest absolute Gasteiger partial charge is 0.305 e. The van der Waals surface area contributed by atoms with Crippen LogP contribution >= 0.6 is 0 Å². The maximum absolute atomic E-state index is 12.8. The summed E-state index contributed by atoms with van der Waals surface area (Å²) in [7, 11) is 0. The van der Waals surface area contributed by atoms with E-state index >= 15 is 0 Å². The minimum absolute atomic E-state index is 0.0367. The van der Waals surface area contributed by atoms with Gasteiger partial charge in [-0.3, -0.25) is 9.59 Å². The van der Waals surface area contributed by atoms with Crippen molar-refractivity contribution in [2.75, 3.05) is 19.7 Å². The van der Waals surface area contributed by atoms with Gasteiger partial charge in [-0.2, -0.15) is 0 Å². The zero-order chi connectivity index (χ0) is 15.1. The molecule has 1 saturated carbocycles. The van der Waals surface area contributed by atoms with Gasteiger partial charge in [0, 0.05) is 31.0 Å². The molecule has 0 bridgehead atoms. The molecule has 1 heterocycles. The van der Waals surface area contributed by atoms with Gasteiger partial charge in [0.15, 0.2) is 0 Å². The number of amides is 1. The van der Waals surface area contributed by atoms with Crippen LogP contribution in [0.2, 0.25) is 0 Å². The first-order valence-electron chi connectivity index (χ1n) is 7.18. The lowest BCUT2D eigenvalue weighted by molar-refractivity contribution is -0.184. The second-order valence-electron chi connectivity index (χ2n) is 6.31. The lowest BCUT2D eigenvalue weighted by Gasteiger charge is -2.61. The highest BCUT2D eigenvalue weighted by Crippen LogP contribution is 2.58. The number of carbonyl (C=O) groups is 2. The van der Waals surface area contributed by atoms with Crippen molar-refractivity contribution in [1.82, 2.24) is 4.90 Å². The highest BCUT2D eigenvalue weighted by Gasteiger charge is 2.71. The van der Waals surface area contributed by atoms with Gasteiger partial charge in [-0.25, -0.2) is 0 Å². The predicted octanol–water partition coefficient (Wildman–Crippen LogP) is 0.452. The van der Waals surface area contributed by atoms with Crippen molar-refractivity contribution in [3.8, 4) is 0 Å². The van der Waals surface area contributed by atoms with Crippen LogP contribution in [0.4, 0.5) is 0 Å². The summed E-state index contributed by atoms with van der Waals surface area (Å²) >= 11 is 0. The molecule has 0 spiro atoms. The molecule has 2 rings (SSSR count). The van der Waals surface area contributed by atoms with E-state index in [1.165, 1.54) is 0 Å². The molecule has 0 aromatic carbocycles. The maximum atomic E-state index is 12.8. The largest absolute Gasteiger partial charge is 0.481 e. The third-order valence-corrected chi connectivity index (χ3v) is 5.07. The Hall–Kier alpha value is -1.14. The fraction of sp³-hybridized carbons (Fsp3) is 0.857. The van der Waals surface area contributed by atoms with Gasteiger partial charge < -0.3 is 20.5 Å². The fourth-order valence-electron chi connectivity index (χ4n) is 3.71. The summed E-state index contributed by atoms with van der Waals surface area (Å²) in [4.78, 5) is 25.1. The number of nitrogens with zero attached hydrogens (tertiary/aromatic N) is 1. The lowest BCUT2D eigenvalue weighted by atomic mass is 9.47. The van der Waals surface area contributed by atoms with Gasteiger partial charge in [0.05, 0.1) is 12.5 Å². The number of likely N-dealkylation sites (N-methyl/N-ethyl adjacent to an activating group) is 1. The molecule has 6 heteroatoms. The monoisotopic (exact) mass is 284 g/mol. The van der Waals surface area contributed by atoms with Crippen LogP contribution in [0.15, 0.2) is 0 Å². The average Bonchev–Trinajstić information content (AvgIpc) is 2.85. The van der Waals surface area contributed by atoms with Crippen molar-refractivity contribution in [2.45, 2.75) is 45.3 Å². The van der Waals surface area contributed by atoms with E-state index in [0.717, 1.165) is 6.42 Å². The van der Waals surface area contributed by atoms with Crippen LogP contribution in [0.25, 0.3) is 0 Å². The first kappa shape index (κ1) is 15.3. The topological polar surface area (TPSA) is 92.9 Å². The van der Waals surface area contributed by atoms with E-state index in [2.05, 4.69) is 0 Å². The Labute approximate surface area is 119 Å². The van der Waals surface area contributed by atoms with Crippen molar-refractivity contribution in [3.63, 3.8) is 0 Å². The summed E-state index contributed by atoms with van der Waals surface area (Å²) in [6.07, 6.45) is 0.780. The second kappa shape index (κ2) is 5.00. The van der Waals surface area contributed by atoms with Gasteiger partial charge in [0.25, 0.3) is 0 Å². The first-order valence-corrected chi connectivity index (χ1v) is 7.18. The van der Waals surface area contributed by atoms with E-state index in [0.29, 0.717) is 13.2 Å². The number of rotatable bonds is 5. The number of carbonyl (C=O) groups excluding carboxylic acids is 1. The summed E-state index contributed by atoms with van der Waals surface area (Å²) in [5.41, 5.74) is 5.12. The van der Waals surface area contributed by atoms with Crippen LogP contribution in [0.3, 0.4) is 0 Å². The molecule has 0 aromatic rings. The van der Waals surface area contributed by atoms with Gasteiger partial charge in [-0.1, -0.05) is 13.8 Å². The molecule has 3 unspecified atom stereocenters. The normalized spacial score (nSPS) is 34.2. The van der Waals surface area contributed by atoms with Crippen molar-refractivity contribution < 1.29 is 19.4 Å². The number of hydrogen-bond donors (Lipinski definition) is 2. The number of carboxylic acid groups (broad SMARTS) is 1. The summed E-state index contributed by atoms with van der Waals surface area (Å²) < 4.78 is 5.68. The number of nitrogens with two attached hydrogens (primary N) is 1. The second-order valence-corrected chi connectivity index (χ2v) is 6.31. The molecule has 1 saturated heterocycles. The van der Waals surface area contributed by atoms with E-state index in [4.69, 9.17) is 15.6 Å². The molecular weight excluding hydrogens is 260 g/mol. The molecule has 2 fully saturated rings. The van der Waals surface area contributed by atoms with Crippen molar-refractivity contribution >= 4 is 11.9 Å². The van der Waals surface area contributed by atoms with E-state index < -0.39 is 16.9 Å². The molecule has 6 nitrogen and oxygen atoms in total. The van der Waals surface area contributed by atoms with Gasteiger partial charge in [0.2, 0.25) is 5.91 Å². The van der Waals surface area contributed by atoms with Gasteiger partial charge >= 0.3 is 5.97 Å². The number of carboxylic acids is 1. The molecule has 3 atom stereocenters. The zero-order valence-electron chi connectivity index (χ0n) is 12.4. The highest BCUT2D eigenvalue weighted by molar-refractivity contribution is 5.90. The van der Waals surface area contributed by atoms with Crippen molar-refractivity contribution in [3.05, 3.63) is 0 Å². The minimum Gasteiger partial charge on any atom is -0.481 e. The van der Waals surface area contributed by atoms with Crippen LogP contribution in [0.5, 0.6) is 0 Å². The fourth-order valence-corrected chi connectivity index (χ4v) is 3.71. The number of hydrogen-bond acceptors (Lipinski definition) is 4. The molecular formula is C14H24N2O4. The van der Waals surface area contributed by atoms with Crippen LogP contribution in [-0.2, 0) is 14.3 Å².